The van der Waals surface area contributed by atoms with Gasteiger partial charge in [-0.15, -0.1) is 0 Å². The van der Waals surface area contributed by atoms with Gasteiger partial charge in [-0.05, 0) is 50.5 Å². The maximum atomic E-state index is 3.86. The average molecular weight is 195 g/mol. The number of hydrogen-bond acceptors (Lipinski definition) is 1. The normalized spacial score (nSPS) is 45.0. The van der Waals surface area contributed by atoms with Gasteiger partial charge in [0.2, 0.25) is 0 Å². The Bertz CT molecular complexity index is 168. The lowest BCUT2D eigenvalue weighted by molar-refractivity contribution is 0.140. The van der Waals surface area contributed by atoms with E-state index in [1.165, 1.54) is 51.5 Å². The van der Waals surface area contributed by atoms with Gasteiger partial charge < -0.3 is 5.32 Å². The minimum atomic E-state index is 0.535. The maximum absolute atomic E-state index is 3.86. The third kappa shape index (κ3) is 2.31. The average Bonchev–Trinajstić information content (AvgIpc) is 2.28. The first-order valence-electron chi connectivity index (χ1n) is 6.45. The van der Waals surface area contributed by atoms with Crippen molar-refractivity contribution in [2.75, 3.05) is 6.54 Å². The van der Waals surface area contributed by atoms with Crippen molar-refractivity contribution < 1.29 is 0 Å². The van der Waals surface area contributed by atoms with Crippen molar-refractivity contribution in [3.8, 4) is 0 Å². The van der Waals surface area contributed by atoms with Gasteiger partial charge in [0.1, 0.15) is 0 Å². The molecule has 0 aromatic rings. The fourth-order valence-corrected chi connectivity index (χ4v) is 3.83. The molecule has 1 nitrogen and oxygen atoms in total. The second kappa shape index (κ2) is 4.22. The van der Waals surface area contributed by atoms with Crippen LogP contribution in [0.25, 0.3) is 0 Å². The summed E-state index contributed by atoms with van der Waals surface area (Å²) in [6.45, 7) is 6.13. The van der Waals surface area contributed by atoms with Gasteiger partial charge in [-0.2, -0.15) is 0 Å². The van der Waals surface area contributed by atoms with Crippen LogP contribution in [0.15, 0.2) is 0 Å². The van der Waals surface area contributed by atoms with Crippen LogP contribution < -0.4 is 5.32 Å². The Morgan fingerprint density at radius 1 is 1.00 bits per heavy atom. The number of rotatable bonds is 0. The highest BCUT2D eigenvalue weighted by Gasteiger charge is 2.37. The molecule has 1 saturated heterocycles. The van der Waals surface area contributed by atoms with Gasteiger partial charge in [-0.3, -0.25) is 0 Å². The summed E-state index contributed by atoms with van der Waals surface area (Å²) in [6.07, 6.45) is 10.0. The molecule has 82 valence electrons. The summed E-state index contributed by atoms with van der Waals surface area (Å²) in [5.74, 6) is 1.87. The molecule has 1 heteroatoms. The van der Waals surface area contributed by atoms with Gasteiger partial charge in [-0.1, -0.05) is 26.7 Å². The van der Waals surface area contributed by atoms with Crippen molar-refractivity contribution in [3.05, 3.63) is 0 Å². The second-order valence-corrected chi connectivity index (χ2v) is 5.87. The summed E-state index contributed by atoms with van der Waals surface area (Å²) in [5, 5.41) is 3.86. The lowest BCUT2D eigenvalue weighted by Gasteiger charge is -2.43. The van der Waals surface area contributed by atoms with Crippen molar-refractivity contribution in [3.63, 3.8) is 0 Å². The monoisotopic (exact) mass is 195 g/mol. The van der Waals surface area contributed by atoms with Crippen LogP contribution in [0, 0.1) is 11.8 Å². The predicted molar refractivity (Wildman–Crippen MR) is 61.4 cm³/mol. The van der Waals surface area contributed by atoms with E-state index in [-0.39, 0.29) is 0 Å². The van der Waals surface area contributed by atoms with Crippen LogP contribution in [0.5, 0.6) is 0 Å². The van der Waals surface area contributed by atoms with Crippen molar-refractivity contribution in [2.45, 2.75) is 64.3 Å². The molecule has 2 unspecified atom stereocenters. The molecule has 1 aliphatic heterocycles. The van der Waals surface area contributed by atoms with Crippen LogP contribution >= 0.6 is 0 Å². The Morgan fingerprint density at radius 3 is 2.43 bits per heavy atom. The van der Waals surface area contributed by atoms with Crippen LogP contribution in [0.4, 0.5) is 0 Å². The molecule has 2 atom stereocenters. The minimum absolute atomic E-state index is 0.535. The molecule has 2 rings (SSSR count). The minimum Gasteiger partial charge on any atom is -0.311 e. The SMILES string of the molecule is CC1CC(C)CC2(CCCCCN2)C1. The summed E-state index contributed by atoms with van der Waals surface area (Å²) in [4.78, 5) is 0. The van der Waals surface area contributed by atoms with E-state index in [9.17, 15) is 0 Å². The Hall–Kier alpha value is -0.0400. The summed E-state index contributed by atoms with van der Waals surface area (Å²) < 4.78 is 0. The highest BCUT2D eigenvalue weighted by Crippen LogP contribution is 2.39. The zero-order chi connectivity index (χ0) is 10.0. The van der Waals surface area contributed by atoms with E-state index in [1.807, 2.05) is 0 Å². The van der Waals surface area contributed by atoms with E-state index < -0.39 is 0 Å². The van der Waals surface area contributed by atoms with E-state index in [0.717, 1.165) is 11.8 Å². The first kappa shape index (κ1) is 10.5. The van der Waals surface area contributed by atoms with Crippen LogP contribution in [0.3, 0.4) is 0 Å². The molecule has 2 fully saturated rings. The van der Waals surface area contributed by atoms with E-state index >= 15 is 0 Å². The van der Waals surface area contributed by atoms with Crippen molar-refractivity contribution in [1.29, 1.82) is 0 Å². The van der Waals surface area contributed by atoms with E-state index in [2.05, 4.69) is 19.2 Å². The first-order chi connectivity index (χ1) is 6.70. The largest absolute Gasteiger partial charge is 0.311 e. The van der Waals surface area contributed by atoms with Crippen molar-refractivity contribution >= 4 is 0 Å². The van der Waals surface area contributed by atoms with E-state index in [4.69, 9.17) is 0 Å². The fourth-order valence-electron chi connectivity index (χ4n) is 3.83. The van der Waals surface area contributed by atoms with Crippen LogP contribution in [0.2, 0.25) is 0 Å². The van der Waals surface area contributed by atoms with Gasteiger partial charge in [0.25, 0.3) is 0 Å². The topological polar surface area (TPSA) is 12.0 Å². The van der Waals surface area contributed by atoms with Gasteiger partial charge in [0, 0.05) is 5.54 Å². The van der Waals surface area contributed by atoms with Gasteiger partial charge >= 0.3 is 0 Å². The van der Waals surface area contributed by atoms with E-state index in [0.29, 0.717) is 5.54 Å². The van der Waals surface area contributed by atoms with E-state index in [1.54, 1.807) is 0 Å². The molecular weight excluding hydrogens is 170 g/mol. The third-order valence-electron chi connectivity index (χ3n) is 4.12. The fraction of sp³-hybridized carbons (Fsp3) is 1.00. The maximum Gasteiger partial charge on any atom is 0.0186 e. The first-order valence-corrected chi connectivity index (χ1v) is 6.45. The smallest absolute Gasteiger partial charge is 0.0186 e. The molecule has 0 aromatic carbocycles. The summed E-state index contributed by atoms with van der Waals surface area (Å²) >= 11 is 0. The molecule has 2 aliphatic rings. The quantitative estimate of drug-likeness (QED) is 0.625. The highest BCUT2D eigenvalue weighted by atomic mass is 15.0. The zero-order valence-corrected chi connectivity index (χ0v) is 9.81. The van der Waals surface area contributed by atoms with Gasteiger partial charge in [0.05, 0.1) is 0 Å². The molecule has 0 aromatic heterocycles. The lowest BCUT2D eigenvalue weighted by Crippen LogP contribution is -2.49. The lowest BCUT2D eigenvalue weighted by atomic mass is 9.70. The molecule has 0 amide bonds. The molecule has 1 aliphatic carbocycles. The van der Waals surface area contributed by atoms with Gasteiger partial charge in [-0.25, -0.2) is 0 Å². The highest BCUT2D eigenvalue weighted by molar-refractivity contribution is 4.95. The molecule has 0 radical (unpaired) electrons. The standard InChI is InChI=1S/C13H25N/c1-11-8-12(2)10-13(9-11)6-4-3-5-7-14-13/h11-12,14H,3-10H2,1-2H3. The summed E-state index contributed by atoms with van der Waals surface area (Å²) in [7, 11) is 0. The Kier molecular flexibility index (Phi) is 3.16. The molecule has 1 N–H and O–H groups in total. The Morgan fingerprint density at radius 2 is 1.71 bits per heavy atom. The van der Waals surface area contributed by atoms with Crippen molar-refractivity contribution in [2.24, 2.45) is 11.8 Å². The predicted octanol–water partition coefficient (Wildman–Crippen LogP) is 3.34. The second-order valence-electron chi connectivity index (χ2n) is 5.87. The van der Waals surface area contributed by atoms with Gasteiger partial charge in [0.15, 0.2) is 0 Å². The molecule has 14 heavy (non-hydrogen) atoms. The molecule has 0 bridgehead atoms. The van der Waals surface area contributed by atoms with Crippen molar-refractivity contribution in [1.82, 2.24) is 5.32 Å². The number of nitrogens with one attached hydrogen (secondary N) is 1. The van der Waals surface area contributed by atoms with Crippen LogP contribution in [-0.4, -0.2) is 12.1 Å². The molecule has 1 saturated carbocycles. The summed E-state index contributed by atoms with van der Waals surface area (Å²) in [5.41, 5.74) is 0.535. The Labute approximate surface area is 88.7 Å². The van der Waals surface area contributed by atoms with Crippen LogP contribution in [-0.2, 0) is 0 Å². The Balaban J connectivity index is 2.03. The number of hydrogen-bond donors (Lipinski definition) is 1. The molecular formula is C13H25N. The molecule has 1 spiro atoms. The molecule has 1 heterocycles. The third-order valence-corrected chi connectivity index (χ3v) is 4.12. The zero-order valence-electron chi connectivity index (χ0n) is 9.81. The summed E-state index contributed by atoms with van der Waals surface area (Å²) in [6, 6.07) is 0. The van der Waals surface area contributed by atoms with Crippen LogP contribution in [0.1, 0.15) is 58.8 Å².